The van der Waals surface area contributed by atoms with E-state index in [2.05, 4.69) is 41.5 Å². The maximum Gasteiger partial charge on any atom is 0.230 e. The molecule has 1 aliphatic heterocycles. The van der Waals surface area contributed by atoms with Gasteiger partial charge in [0.2, 0.25) is 5.91 Å². The van der Waals surface area contributed by atoms with Gasteiger partial charge in [0.15, 0.2) is 0 Å². The van der Waals surface area contributed by atoms with Gasteiger partial charge in [0.1, 0.15) is 0 Å². The van der Waals surface area contributed by atoms with Gasteiger partial charge in [-0.3, -0.25) is 4.79 Å². The average molecular weight is 247 g/mol. The van der Waals surface area contributed by atoms with E-state index in [0.717, 1.165) is 31.9 Å². The minimum atomic E-state index is 0.115. The molecule has 98 valence electrons. The van der Waals surface area contributed by atoms with E-state index in [-0.39, 0.29) is 11.8 Å². The van der Waals surface area contributed by atoms with E-state index in [1.54, 1.807) is 0 Å². The van der Waals surface area contributed by atoms with E-state index < -0.39 is 0 Å². The molecule has 0 spiro atoms. The molecule has 2 rings (SSSR count). The zero-order valence-corrected chi connectivity index (χ0v) is 11.1. The minimum Gasteiger partial charge on any atom is -0.372 e. The number of hydrogen-bond acceptors (Lipinski definition) is 3. The predicted molar refractivity (Wildman–Crippen MR) is 75.0 cm³/mol. The van der Waals surface area contributed by atoms with Crippen LogP contribution < -0.4 is 15.5 Å². The highest BCUT2D eigenvalue weighted by Crippen LogP contribution is 2.18. The molecular weight excluding hydrogens is 226 g/mol. The first kappa shape index (κ1) is 12.9. The van der Waals surface area contributed by atoms with E-state index in [9.17, 15) is 4.79 Å². The molecule has 0 radical (unpaired) electrons. The van der Waals surface area contributed by atoms with Crippen LogP contribution in [0.5, 0.6) is 0 Å². The molecule has 0 bridgehead atoms. The van der Waals surface area contributed by atoms with Crippen molar-refractivity contribution in [3.8, 4) is 0 Å². The minimum absolute atomic E-state index is 0.115. The van der Waals surface area contributed by atoms with Crippen LogP contribution in [0, 0.1) is 5.92 Å². The lowest BCUT2D eigenvalue weighted by Crippen LogP contribution is -2.48. The highest BCUT2D eigenvalue weighted by atomic mass is 16.2. The van der Waals surface area contributed by atoms with E-state index in [0.29, 0.717) is 0 Å². The molecule has 1 amide bonds. The van der Waals surface area contributed by atoms with Gasteiger partial charge in [-0.2, -0.15) is 0 Å². The third-order valence-corrected chi connectivity index (χ3v) is 3.42. The lowest BCUT2D eigenvalue weighted by Gasteiger charge is -2.26. The van der Waals surface area contributed by atoms with E-state index in [1.165, 1.54) is 5.69 Å². The Labute approximate surface area is 108 Å². The van der Waals surface area contributed by atoms with Gasteiger partial charge in [0.25, 0.3) is 0 Å². The third kappa shape index (κ3) is 2.82. The summed E-state index contributed by atoms with van der Waals surface area (Å²) < 4.78 is 0. The Balaban J connectivity index is 1.96. The smallest absolute Gasteiger partial charge is 0.230 e. The SMILES string of the molecule is CCN(CC)c1ccc(NC(=O)C2CNC2)cc1. The molecule has 2 N–H and O–H groups in total. The standard InChI is InChI=1S/C14H21N3O/c1-3-17(4-2)13-7-5-12(6-8-13)16-14(18)11-9-15-10-11/h5-8,11,15H,3-4,9-10H2,1-2H3,(H,16,18). The second kappa shape index (κ2) is 5.87. The Morgan fingerprint density at radius 2 is 1.89 bits per heavy atom. The van der Waals surface area contributed by atoms with Crippen molar-refractivity contribution in [1.29, 1.82) is 0 Å². The van der Waals surface area contributed by atoms with Gasteiger partial charge in [-0.05, 0) is 38.1 Å². The number of carbonyl (C=O) groups is 1. The molecule has 0 saturated carbocycles. The summed E-state index contributed by atoms with van der Waals surface area (Å²) in [5.41, 5.74) is 2.08. The summed E-state index contributed by atoms with van der Waals surface area (Å²) in [6, 6.07) is 8.05. The monoisotopic (exact) mass is 247 g/mol. The number of rotatable bonds is 5. The van der Waals surface area contributed by atoms with Crippen molar-refractivity contribution >= 4 is 17.3 Å². The van der Waals surface area contributed by atoms with Gasteiger partial charge in [-0.25, -0.2) is 0 Å². The maximum atomic E-state index is 11.8. The number of carbonyl (C=O) groups excluding carboxylic acids is 1. The van der Waals surface area contributed by atoms with Crippen LogP contribution in [0.2, 0.25) is 0 Å². The second-order valence-electron chi connectivity index (χ2n) is 4.56. The van der Waals surface area contributed by atoms with Crippen LogP contribution in [0.1, 0.15) is 13.8 Å². The number of anilines is 2. The number of benzene rings is 1. The van der Waals surface area contributed by atoms with Crippen molar-refractivity contribution in [3.63, 3.8) is 0 Å². The molecule has 1 aromatic carbocycles. The Hall–Kier alpha value is -1.55. The Morgan fingerprint density at radius 3 is 2.33 bits per heavy atom. The Morgan fingerprint density at radius 1 is 1.28 bits per heavy atom. The van der Waals surface area contributed by atoms with Crippen molar-refractivity contribution < 1.29 is 4.79 Å². The zero-order valence-electron chi connectivity index (χ0n) is 11.1. The Kier molecular flexibility index (Phi) is 4.20. The molecule has 1 heterocycles. The predicted octanol–water partition coefficient (Wildman–Crippen LogP) is 1.69. The molecular formula is C14H21N3O. The first-order chi connectivity index (χ1) is 8.74. The summed E-state index contributed by atoms with van der Waals surface area (Å²) >= 11 is 0. The number of amides is 1. The molecule has 1 aliphatic rings. The molecule has 4 heteroatoms. The topological polar surface area (TPSA) is 44.4 Å². The van der Waals surface area contributed by atoms with Crippen LogP contribution in [-0.2, 0) is 4.79 Å². The van der Waals surface area contributed by atoms with Crippen LogP contribution in [0.3, 0.4) is 0 Å². The fourth-order valence-corrected chi connectivity index (χ4v) is 2.06. The second-order valence-corrected chi connectivity index (χ2v) is 4.56. The van der Waals surface area contributed by atoms with Crippen LogP contribution in [0.15, 0.2) is 24.3 Å². The van der Waals surface area contributed by atoms with Crippen molar-refractivity contribution in [2.45, 2.75) is 13.8 Å². The summed E-state index contributed by atoms with van der Waals surface area (Å²) in [5.74, 6) is 0.247. The van der Waals surface area contributed by atoms with Gasteiger partial charge in [0, 0.05) is 37.6 Å². The van der Waals surface area contributed by atoms with Crippen LogP contribution >= 0.6 is 0 Å². The van der Waals surface area contributed by atoms with Gasteiger partial charge in [-0.1, -0.05) is 0 Å². The van der Waals surface area contributed by atoms with Crippen LogP contribution in [-0.4, -0.2) is 32.1 Å². The number of nitrogens with one attached hydrogen (secondary N) is 2. The molecule has 0 atom stereocenters. The highest BCUT2D eigenvalue weighted by Gasteiger charge is 2.24. The van der Waals surface area contributed by atoms with Crippen molar-refractivity contribution in [1.82, 2.24) is 5.32 Å². The van der Waals surface area contributed by atoms with Crippen molar-refractivity contribution in [3.05, 3.63) is 24.3 Å². The number of nitrogens with zero attached hydrogens (tertiary/aromatic N) is 1. The first-order valence-corrected chi connectivity index (χ1v) is 6.61. The third-order valence-electron chi connectivity index (χ3n) is 3.42. The summed E-state index contributed by atoms with van der Waals surface area (Å²) in [4.78, 5) is 14.0. The average Bonchev–Trinajstić information content (AvgIpc) is 2.30. The Bertz CT molecular complexity index is 394. The van der Waals surface area contributed by atoms with E-state index in [1.807, 2.05) is 12.1 Å². The highest BCUT2D eigenvalue weighted by molar-refractivity contribution is 5.93. The summed E-state index contributed by atoms with van der Waals surface area (Å²) in [6.45, 7) is 7.87. The molecule has 1 aromatic rings. The molecule has 0 aromatic heterocycles. The van der Waals surface area contributed by atoms with E-state index >= 15 is 0 Å². The summed E-state index contributed by atoms with van der Waals surface area (Å²) in [5, 5.41) is 6.05. The number of hydrogen-bond donors (Lipinski definition) is 2. The first-order valence-electron chi connectivity index (χ1n) is 6.61. The molecule has 0 aliphatic carbocycles. The largest absolute Gasteiger partial charge is 0.372 e. The zero-order chi connectivity index (χ0) is 13.0. The molecule has 1 saturated heterocycles. The maximum absolute atomic E-state index is 11.8. The lowest BCUT2D eigenvalue weighted by atomic mass is 10.0. The van der Waals surface area contributed by atoms with Crippen LogP contribution in [0.4, 0.5) is 11.4 Å². The van der Waals surface area contributed by atoms with Crippen molar-refractivity contribution in [2.75, 3.05) is 36.4 Å². The normalized spacial score (nSPS) is 15.0. The van der Waals surface area contributed by atoms with Gasteiger partial charge < -0.3 is 15.5 Å². The molecule has 1 fully saturated rings. The summed E-state index contributed by atoms with van der Waals surface area (Å²) in [6.07, 6.45) is 0. The van der Waals surface area contributed by atoms with Gasteiger partial charge in [0.05, 0.1) is 5.92 Å². The summed E-state index contributed by atoms with van der Waals surface area (Å²) in [7, 11) is 0. The lowest BCUT2D eigenvalue weighted by molar-refractivity contribution is -0.121. The fraction of sp³-hybridized carbons (Fsp3) is 0.500. The molecule has 4 nitrogen and oxygen atoms in total. The molecule has 18 heavy (non-hydrogen) atoms. The van der Waals surface area contributed by atoms with E-state index in [4.69, 9.17) is 0 Å². The van der Waals surface area contributed by atoms with Crippen molar-refractivity contribution in [2.24, 2.45) is 5.92 Å². The quantitative estimate of drug-likeness (QED) is 0.832. The fourth-order valence-electron chi connectivity index (χ4n) is 2.06. The van der Waals surface area contributed by atoms with Crippen LogP contribution in [0.25, 0.3) is 0 Å². The molecule has 0 unspecified atom stereocenters. The van der Waals surface area contributed by atoms with Gasteiger partial charge >= 0.3 is 0 Å². The van der Waals surface area contributed by atoms with Gasteiger partial charge in [-0.15, -0.1) is 0 Å².